The van der Waals surface area contributed by atoms with E-state index in [4.69, 9.17) is 9.47 Å². The maximum Gasteiger partial charge on any atom is 0.214 e. The van der Waals surface area contributed by atoms with Gasteiger partial charge in [-0.15, -0.1) is 0 Å². The highest BCUT2D eigenvalue weighted by Crippen LogP contribution is 2.63. The Morgan fingerprint density at radius 2 is 1.70 bits per heavy atom. The first-order valence-corrected chi connectivity index (χ1v) is 9.47. The number of hydrogen-bond donors (Lipinski definition) is 0. The third-order valence-electron chi connectivity index (χ3n) is 6.68. The van der Waals surface area contributed by atoms with E-state index in [-0.39, 0.29) is 11.4 Å². The van der Waals surface area contributed by atoms with E-state index >= 15 is 0 Å². The summed E-state index contributed by atoms with van der Waals surface area (Å²) < 4.78 is 13.6. The van der Waals surface area contributed by atoms with Crippen LogP contribution < -0.4 is 0 Å². The van der Waals surface area contributed by atoms with Gasteiger partial charge in [0.05, 0.1) is 0 Å². The lowest BCUT2D eigenvalue weighted by atomic mass is 9.65. The molecule has 2 bridgehead atoms. The molecule has 0 amide bonds. The van der Waals surface area contributed by atoms with Crippen LogP contribution in [0.2, 0.25) is 0 Å². The largest absolute Gasteiger partial charge is 0.463 e. The topological polar surface area (TPSA) is 18.5 Å². The lowest BCUT2D eigenvalue weighted by Gasteiger charge is -2.50. The average Bonchev–Trinajstić information content (AvgIpc) is 2.82. The molecule has 0 radical (unpaired) electrons. The van der Waals surface area contributed by atoms with Gasteiger partial charge in [-0.25, -0.2) is 0 Å². The van der Waals surface area contributed by atoms with Crippen molar-refractivity contribution in [1.82, 2.24) is 0 Å². The molecule has 5 rings (SSSR count). The molecule has 0 unspecified atom stereocenters. The fourth-order valence-electron chi connectivity index (χ4n) is 5.58. The Labute approximate surface area is 138 Å². The molecule has 4 aliphatic rings. The van der Waals surface area contributed by atoms with Crippen LogP contribution >= 0.6 is 0 Å². The van der Waals surface area contributed by atoms with Crippen LogP contribution in [0.1, 0.15) is 63.4 Å². The Morgan fingerprint density at radius 1 is 0.913 bits per heavy atom. The Morgan fingerprint density at radius 3 is 2.57 bits per heavy atom. The van der Waals surface area contributed by atoms with Crippen LogP contribution in [0, 0.1) is 11.8 Å². The molecule has 122 valence electrons. The van der Waals surface area contributed by atoms with Crippen molar-refractivity contribution in [3.05, 3.63) is 41.7 Å². The van der Waals surface area contributed by atoms with Crippen molar-refractivity contribution in [1.29, 1.82) is 0 Å². The Bertz CT molecular complexity index is 622. The lowest BCUT2D eigenvalue weighted by Crippen LogP contribution is -2.54. The molecule has 0 N–H and O–H groups in total. The Balaban J connectivity index is 1.60. The van der Waals surface area contributed by atoms with Gasteiger partial charge in [-0.1, -0.05) is 49.6 Å². The van der Waals surface area contributed by atoms with Crippen LogP contribution in [0.3, 0.4) is 0 Å². The molecule has 2 spiro atoms. The third-order valence-corrected chi connectivity index (χ3v) is 6.68. The molecule has 2 nitrogen and oxygen atoms in total. The first-order valence-electron chi connectivity index (χ1n) is 9.47. The summed E-state index contributed by atoms with van der Waals surface area (Å²) in [5, 5.41) is 0. The zero-order chi connectivity index (χ0) is 15.3. The second kappa shape index (κ2) is 5.11. The zero-order valence-corrected chi connectivity index (χ0v) is 13.8. The van der Waals surface area contributed by atoms with Crippen LogP contribution in [0.15, 0.2) is 36.1 Å². The second-order valence-corrected chi connectivity index (χ2v) is 7.95. The molecular weight excluding hydrogens is 284 g/mol. The molecule has 2 saturated carbocycles. The number of benzene rings is 1. The van der Waals surface area contributed by atoms with Crippen LogP contribution in [-0.2, 0) is 9.47 Å². The van der Waals surface area contributed by atoms with Gasteiger partial charge in [-0.2, -0.15) is 0 Å². The van der Waals surface area contributed by atoms with Gasteiger partial charge in [0.1, 0.15) is 11.4 Å². The van der Waals surface area contributed by atoms with Gasteiger partial charge in [-0.3, -0.25) is 0 Å². The third kappa shape index (κ3) is 2.04. The van der Waals surface area contributed by atoms with Gasteiger partial charge >= 0.3 is 0 Å². The fraction of sp³-hybridized carbons (Fsp3) is 0.619. The van der Waals surface area contributed by atoms with Crippen molar-refractivity contribution in [3.63, 3.8) is 0 Å². The lowest BCUT2D eigenvalue weighted by molar-refractivity contribution is -0.277. The van der Waals surface area contributed by atoms with E-state index in [1.165, 1.54) is 50.5 Å². The summed E-state index contributed by atoms with van der Waals surface area (Å²) in [4.78, 5) is 0. The molecule has 2 heteroatoms. The molecule has 4 atom stereocenters. The standard InChI is InChI=1S/C21H26O2/c1-2-8-16(9-3-1)14-19-20-12-6-4-10-17(20)15-18-11-5-7-13-21(18,22-19)23-20/h1-3,8-9,14,17-18H,4-7,10-13,15H2/b19-14-/t17-,18+,20+,21-/m1/s1. The zero-order valence-electron chi connectivity index (χ0n) is 13.8. The minimum atomic E-state index is -0.299. The molecule has 23 heavy (non-hydrogen) atoms. The summed E-state index contributed by atoms with van der Waals surface area (Å²) in [6.07, 6.45) is 13.6. The maximum atomic E-state index is 6.87. The molecule has 1 aromatic carbocycles. The van der Waals surface area contributed by atoms with Crippen LogP contribution in [0.5, 0.6) is 0 Å². The molecule has 4 fully saturated rings. The van der Waals surface area contributed by atoms with Crippen molar-refractivity contribution in [2.24, 2.45) is 11.8 Å². The molecular formula is C21H26O2. The predicted octanol–water partition coefficient (Wildman–Crippen LogP) is 5.29. The minimum Gasteiger partial charge on any atom is -0.463 e. The summed E-state index contributed by atoms with van der Waals surface area (Å²) in [7, 11) is 0. The second-order valence-electron chi connectivity index (χ2n) is 7.95. The molecule has 1 aromatic rings. The monoisotopic (exact) mass is 310 g/mol. The highest BCUT2D eigenvalue weighted by molar-refractivity contribution is 5.54. The van der Waals surface area contributed by atoms with E-state index in [0.717, 1.165) is 18.6 Å². The van der Waals surface area contributed by atoms with Gasteiger partial charge in [-0.05, 0) is 49.7 Å². The van der Waals surface area contributed by atoms with Crippen LogP contribution in [0.25, 0.3) is 6.08 Å². The van der Waals surface area contributed by atoms with Crippen molar-refractivity contribution < 1.29 is 9.47 Å². The van der Waals surface area contributed by atoms with Gasteiger partial charge in [0.2, 0.25) is 5.79 Å². The number of rotatable bonds is 1. The van der Waals surface area contributed by atoms with E-state index in [9.17, 15) is 0 Å². The first kappa shape index (κ1) is 14.1. The van der Waals surface area contributed by atoms with Gasteiger partial charge < -0.3 is 9.47 Å². The predicted molar refractivity (Wildman–Crippen MR) is 90.6 cm³/mol. The van der Waals surface area contributed by atoms with Crippen LogP contribution in [-0.4, -0.2) is 11.4 Å². The van der Waals surface area contributed by atoms with Crippen molar-refractivity contribution >= 4 is 6.08 Å². The van der Waals surface area contributed by atoms with Crippen molar-refractivity contribution in [3.8, 4) is 0 Å². The average molecular weight is 310 g/mol. The normalized spacial score (nSPS) is 43.6. The summed E-state index contributed by atoms with van der Waals surface area (Å²) in [6.45, 7) is 0. The fourth-order valence-corrected chi connectivity index (χ4v) is 5.58. The summed E-state index contributed by atoms with van der Waals surface area (Å²) in [5.74, 6) is 2.10. The van der Waals surface area contributed by atoms with Crippen molar-refractivity contribution in [2.75, 3.05) is 0 Å². The molecule has 2 heterocycles. The molecule has 2 saturated heterocycles. The summed E-state index contributed by atoms with van der Waals surface area (Å²) in [6, 6.07) is 10.6. The van der Waals surface area contributed by atoms with Crippen molar-refractivity contribution in [2.45, 2.75) is 69.2 Å². The molecule has 2 aliphatic heterocycles. The highest BCUT2D eigenvalue weighted by Gasteiger charge is 2.66. The Kier molecular flexibility index (Phi) is 3.13. The number of hydrogen-bond acceptors (Lipinski definition) is 2. The smallest absolute Gasteiger partial charge is 0.214 e. The van der Waals surface area contributed by atoms with E-state index in [1.807, 2.05) is 0 Å². The van der Waals surface area contributed by atoms with Gasteiger partial charge in [0.25, 0.3) is 0 Å². The van der Waals surface area contributed by atoms with Gasteiger partial charge in [0.15, 0.2) is 0 Å². The van der Waals surface area contributed by atoms with Crippen LogP contribution in [0.4, 0.5) is 0 Å². The van der Waals surface area contributed by atoms with E-state index in [0.29, 0.717) is 11.8 Å². The summed E-state index contributed by atoms with van der Waals surface area (Å²) in [5.41, 5.74) is 1.11. The SMILES string of the molecule is C(=C1/O[C@@]23CCCC[C@H]2C[C@H]2CCCC[C@@]12O3)/c1ccccc1. The van der Waals surface area contributed by atoms with E-state index in [1.54, 1.807) is 0 Å². The molecule has 2 aliphatic carbocycles. The first-order chi connectivity index (χ1) is 11.3. The van der Waals surface area contributed by atoms with E-state index < -0.39 is 0 Å². The Hall–Kier alpha value is -1.28. The maximum absolute atomic E-state index is 6.87. The highest BCUT2D eigenvalue weighted by atomic mass is 16.8. The van der Waals surface area contributed by atoms with Gasteiger partial charge in [0, 0.05) is 12.3 Å². The minimum absolute atomic E-state index is 0.123. The number of ether oxygens (including phenoxy) is 2. The summed E-state index contributed by atoms with van der Waals surface area (Å²) >= 11 is 0. The quantitative estimate of drug-likeness (QED) is 0.701. The van der Waals surface area contributed by atoms with E-state index in [2.05, 4.69) is 36.4 Å². The molecule has 0 aromatic heterocycles.